The summed E-state index contributed by atoms with van der Waals surface area (Å²) in [5.41, 5.74) is 5.71. The predicted molar refractivity (Wildman–Crippen MR) is 56.9 cm³/mol. The third-order valence-electron chi connectivity index (χ3n) is 4.08. The first-order valence-corrected chi connectivity index (χ1v) is 6.06. The summed E-state index contributed by atoms with van der Waals surface area (Å²) in [6, 6.07) is 0. The van der Waals surface area contributed by atoms with Gasteiger partial charge in [-0.2, -0.15) is 0 Å². The fourth-order valence-corrected chi connectivity index (χ4v) is 3.21. The molecular weight excluding hydrogens is 174 g/mol. The van der Waals surface area contributed by atoms with Gasteiger partial charge in [-0.25, -0.2) is 0 Å². The van der Waals surface area contributed by atoms with Crippen molar-refractivity contribution in [2.75, 3.05) is 6.54 Å². The van der Waals surface area contributed by atoms with Crippen molar-refractivity contribution in [3.8, 4) is 0 Å². The van der Waals surface area contributed by atoms with Crippen LogP contribution in [0.5, 0.6) is 0 Å². The Balaban J connectivity index is 1.95. The minimum Gasteiger partial charge on any atom is -0.330 e. The average molecular weight is 195 g/mol. The van der Waals surface area contributed by atoms with Crippen molar-refractivity contribution in [2.24, 2.45) is 23.5 Å². The second kappa shape index (κ2) is 4.43. The lowest BCUT2D eigenvalue weighted by Crippen LogP contribution is -2.29. The summed E-state index contributed by atoms with van der Waals surface area (Å²) in [7, 11) is 0. The summed E-state index contributed by atoms with van der Waals surface area (Å²) in [5, 5.41) is 0. The van der Waals surface area contributed by atoms with Crippen LogP contribution in [0.25, 0.3) is 0 Å². The summed E-state index contributed by atoms with van der Waals surface area (Å²) in [4.78, 5) is 12.2. The highest BCUT2D eigenvalue weighted by atomic mass is 16.1. The molecule has 2 unspecified atom stereocenters. The molecule has 2 N–H and O–H groups in total. The Morgan fingerprint density at radius 3 is 2.43 bits per heavy atom. The molecule has 80 valence electrons. The normalized spacial score (nSPS) is 33.8. The van der Waals surface area contributed by atoms with Crippen LogP contribution in [0.2, 0.25) is 0 Å². The number of rotatable bonds is 3. The molecule has 2 nitrogen and oxygen atoms in total. The van der Waals surface area contributed by atoms with Gasteiger partial charge in [0.1, 0.15) is 5.78 Å². The van der Waals surface area contributed by atoms with E-state index < -0.39 is 0 Å². The first kappa shape index (κ1) is 10.2. The standard InChI is InChI=1S/C12H21NO/c13-8-10-6-3-7-11(10)12(14)9-4-1-2-5-9/h9-11H,1-8,13H2. The molecule has 0 saturated heterocycles. The molecular formula is C12H21NO. The van der Waals surface area contributed by atoms with Crippen LogP contribution in [0.4, 0.5) is 0 Å². The number of carbonyl (C=O) groups excluding carboxylic acids is 1. The molecule has 0 radical (unpaired) electrons. The van der Waals surface area contributed by atoms with Crippen molar-refractivity contribution < 1.29 is 4.79 Å². The molecule has 0 aromatic rings. The number of carbonyl (C=O) groups is 1. The number of nitrogens with two attached hydrogens (primary N) is 1. The maximum Gasteiger partial charge on any atom is 0.139 e. The zero-order chi connectivity index (χ0) is 9.97. The molecule has 0 aromatic heterocycles. The van der Waals surface area contributed by atoms with Gasteiger partial charge in [0.05, 0.1) is 0 Å². The second-order valence-electron chi connectivity index (χ2n) is 4.92. The summed E-state index contributed by atoms with van der Waals surface area (Å²) in [6.45, 7) is 0.711. The van der Waals surface area contributed by atoms with E-state index in [2.05, 4.69) is 0 Å². The molecule has 2 aliphatic carbocycles. The number of Topliss-reactive ketones (excluding diaryl/α,β-unsaturated/α-hetero) is 1. The van der Waals surface area contributed by atoms with Gasteiger partial charge < -0.3 is 5.73 Å². The van der Waals surface area contributed by atoms with E-state index in [1.54, 1.807) is 0 Å². The van der Waals surface area contributed by atoms with Crippen LogP contribution in [0.15, 0.2) is 0 Å². The zero-order valence-corrected chi connectivity index (χ0v) is 8.87. The highest BCUT2D eigenvalue weighted by molar-refractivity contribution is 5.84. The Labute approximate surface area is 86.2 Å². The van der Waals surface area contributed by atoms with Crippen molar-refractivity contribution >= 4 is 5.78 Å². The Morgan fingerprint density at radius 1 is 1.07 bits per heavy atom. The summed E-state index contributed by atoms with van der Waals surface area (Å²) in [6.07, 6.45) is 8.31. The average Bonchev–Trinajstić information content (AvgIpc) is 2.87. The van der Waals surface area contributed by atoms with Crippen LogP contribution in [-0.2, 0) is 4.79 Å². The number of hydrogen-bond acceptors (Lipinski definition) is 2. The highest BCUT2D eigenvalue weighted by Crippen LogP contribution is 2.37. The van der Waals surface area contributed by atoms with E-state index in [-0.39, 0.29) is 0 Å². The van der Waals surface area contributed by atoms with Gasteiger partial charge in [0.25, 0.3) is 0 Å². The third-order valence-corrected chi connectivity index (χ3v) is 4.08. The van der Waals surface area contributed by atoms with Gasteiger partial charge >= 0.3 is 0 Å². The van der Waals surface area contributed by atoms with E-state index in [1.165, 1.54) is 25.7 Å². The van der Waals surface area contributed by atoms with Gasteiger partial charge in [-0.05, 0) is 38.1 Å². The van der Waals surface area contributed by atoms with Gasteiger partial charge in [-0.15, -0.1) is 0 Å². The minimum atomic E-state index is 0.322. The molecule has 2 saturated carbocycles. The van der Waals surface area contributed by atoms with Crippen molar-refractivity contribution in [1.82, 2.24) is 0 Å². The fraction of sp³-hybridized carbons (Fsp3) is 0.917. The summed E-state index contributed by atoms with van der Waals surface area (Å²) in [5.74, 6) is 1.77. The lowest BCUT2D eigenvalue weighted by atomic mass is 9.85. The molecule has 2 atom stereocenters. The van der Waals surface area contributed by atoms with E-state index in [9.17, 15) is 4.79 Å². The maximum atomic E-state index is 12.2. The molecule has 0 bridgehead atoms. The largest absolute Gasteiger partial charge is 0.330 e. The molecule has 2 aliphatic rings. The van der Waals surface area contributed by atoms with Crippen LogP contribution in [0.1, 0.15) is 44.9 Å². The fourth-order valence-electron chi connectivity index (χ4n) is 3.21. The van der Waals surface area contributed by atoms with Gasteiger partial charge in [-0.3, -0.25) is 4.79 Å². The van der Waals surface area contributed by atoms with Crippen molar-refractivity contribution in [3.63, 3.8) is 0 Å². The van der Waals surface area contributed by atoms with Crippen molar-refractivity contribution in [1.29, 1.82) is 0 Å². The molecule has 0 amide bonds. The molecule has 0 aromatic carbocycles. The highest BCUT2D eigenvalue weighted by Gasteiger charge is 2.36. The van der Waals surface area contributed by atoms with Gasteiger partial charge in [-0.1, -0.05) is 19.3 Å². The number of ketones is 1. The van der Waals surface area contributed by atoms with Crippen LogP contribution in [-0.4, -0.2) is 12.3 Å². The van der Waals surface area contributed by atoms with E-state index in [0.717, 1.165) is 19.3 Å². The van der Waals surface area contributed by atoms with Crippen molar-refractivity contribution in [3.05, 3.63) is 0 Å². The first-order valence-electron chi connectivity index (χ1n) is 6.06. The molecule has 2 heteroatoms. The summed E-state index contributed by atoms with van der Waals surface area (Å²) < 4.78 is 0. The van der Waals surface area contributed by atoms with Crippen LogP contribution >= 0.6 is 0 Å². The van der Waals surface area contributed by atoms with Gasteiger partial charge in [0, 0.05) is 11.8 Å². The van der Waals surface area contributed by atoms with E-state index in [0.29, 0.717) is 30.1 Å². The second-order valence-corrected chi connectivity index (χ2v) is 4.92. The lowest BCUT2D eigenvalue weighted by molar-refractivity contribution is -0.127. The molecule has 0 spiro atoms. The Bertz CT molecular complexity index is 208. The Hall–Kier alpha value is -0.370. The third kappa shape index (κ3) is 1.85. The zero-order valence-electron chi connectivity index (χ0n) is 8.87. The molecule has 2 fully saturated rings. The van der Waals surface area contributed by atoms with Gasteiger partial charge in [0.2, 0.25) is 0 Å². The van der Waals surface area contributed by atoms with Crippen LogP contribution in [0, 0.1) is 17.8 Å². The maximum absolute atomic E-state index is 12.2. The SMILES string of the molecule is NCC1CCCC1C(=O)C1CCCC1. The minimum absolute atomic E-state index is 0.322. The van der Waals surface area contributed by atoms with Gasteiger partial charge in [0.15, 0.2) is 0 Å². The molecule has 2 rings (SSSR count). The van der Waals surface area contributed by atoms with Crippen LogP contribution < -0.4 is 5.73 Å². The Kier molecular flexibility index (Phi) is 3.22. The smallest absolute Gasteiger partial charge is 0.139 e. The monoisotopic (exact) mass is 195 g/mol. The topological polar surface area (TPSA) is 43.1 Å². The first-order chi connectivity index (χ1) is 6.83. The molecule has 14 heavy (non-hydrogen) atoms. The molecule has 0 heterocycles. The van der Waals surface area contributed by atoms with E-state index >= 15 is 0 Å². The summed E-state index contributed by atoms with van der Waals surface area (Å²) >= 11 is 0. The van der Waals surface area contributed by atoms with E-state index in [1.807, 2.05) is 0 Å². The quantitative estimate of drug-likeness (QED) is 0.749. The number of hydrogen-bond donors (Lipinski definition) is 1. The lowest BCUT2D eigenvalue weighted by Gasteiger charge is -2.19. The predicted octanol–water partition coefficient (Wildman–Crippen LogP) is 2.12. The molecule has 0 aliphatic heterocycles. The Morgan fingerprint density at radius 2 is 1.79 bits per heavy atom. The van der Waals surface area contributed by atoms with E-state index in [4.69, 9.17) is 5.73 Å². The van der Waals surface area contributed by atoms with Crippen molar-refractivity contribution in [2.45, 2.75) is 44.9 Å². The van der Waals surface area contributed by atoms with Crippen LogP contribution in [0.3, 0.4) is 0 Å².